The van der Waals surface area contributed by atoms with Crippen molar-refractivity contribution in [2.75, 3.05) is 13.1 Å². The molecule has 2 aliphatic rings. The van der Waals surface area contributed by atoms with Gasteiger partial charge in [0.05, 0.1) is 6.04 Å². The summed E-state index contributed by atoms with van der Waals surface area (Å²) in [5.74, 6) is -0.204. The first kappa shape index (κ1) is 11.4. The van der Waals surface area contributed by atoms with E-state index >= 15 is 0 Å². The number of likely N-dealkylation sites (tertiary alicyclic amines) is 1. The van der Waals surface area contributed by atoms with Crippen LogP contribution in [0.4, 0.5) is 0 Å². The predicted molar refractivity (Wildman–Crippen MR) is 59.6 cm³/mol. The van der Waals surface area contributed by atoms with E-state index in [-0.39, 0.29) is 24.3 Å². The summed E-state index contributed by atoms with van der Waals surface area (Å²) in [7, 11) is 0. The predicted octanol–water partition coefficient (Wildman–Crippen LogP) is -0.395. The number of carbonyl (C=O) groups excluding carboxylic acids is 2. The van der Waals surface area contributed by atoms with Crippen molar-refractivity contribution in [2.24, 2.45) is 5.73 Å². The van der Waals surface area contributed by atoms with Crippen molar-refractivity contribution < 1.29 is 9.59 Å². The number of rotatable bonds is 5. The second-order valence-electron chi connectivity index (χ2n) is 4.68. The van der Waals surface area contributed by atoms with Crippen LogP contribution in [0.1, 0.15) is 32.1 Å². The molecule has 1 heterocycles. The lowest BCUT2D eigenvalue weighted by molar-refractivity contribution is -0.136. The molecule has 16 heavy (non-hydrogen) atoms. The Labute approximate surface area is 95.3 Å². The Morgan fingerprint density at radius 3 is 2.81 bits per heavy atom. The number of nitrogens with one attached hydrogen (secondary N) is 1. The van der Waals surface area contributed by atoms with E-state index < -0.39 is 0 Å². The molecule has 90 valence electrons. The second kappa shape index (κ2) is 4.82. The molecular weight excluding hydrogens is 206 g/mol. The highest BCUT2D eigenvalue weighted by molar-refractivity contribution is 5.83. The normalized spacial score (nSPS) is 25.9. The molecule has 5 heteroatoms. The first-order valence-corrected chi connectivity index (χ1v) is 6.00. The van der Waals surface area contributed by atoms with Crippen LogP contribution in [0.5, 0.6) is 0 Å². The zero-order chi connectivity index (χ0) is 11.5. The van der Waals surface area contributed by atoms with Crippen LogP contribution in [0.2, 0.25) is 0 Å². The van der Waals surface area contributed by atoms with Crippen molar-refractivity contribution in [3.05, 3.63) is 0 Å². The number of carbonyl (C=O) groups is 2. The number of nitrogens with two attached hydrogens (primary N) is 1. The van der Waals surface area contributed by atoms with Gasteiger partial charge in [-0.1, -0.05) is 0 Å². The van der Waals surface area contributed by atoms with E-state index in [9.17, 15) is 9.59 Å². The lowest BCUT2D eigenvalue weighted by Gasteiger charge is -2.32. The van der Waals surface area contributed by atoms with E-state index in [0.717, 1.165) is 19.4 Å². The maximum Gasteiger partial charge on any atom is 0.239 e. The van der Waals surface area contributed by atoms with E-state index in [1.165, 1.54) is 12.8 Å². The fourth-order valence-electron chi connectivity index (χ4n) is 2.10. The number of piperidine rings is 1. The summed E-state index contributed by atoms with van der Waals surface area (Å²) in [5.41, 5.74) is 5.09. The summed E-state index contributed by atoms with van der Waals surface area (Å²) < 4.78 is 0. The third kappa shape index (κ3) is 2.95. The fraction of sp³-hybridized carbons (Fsp3) is 0.818. The van der Waals surface area contributed by atoms with Crippen molar-refractivity contribution in [1.29, 1.82) is 0 Å². The third-order valence-electron chi connectivity index (χ3n) is 3.17. The maximum atomic E-state index is 12.0. The van der Waals surface area contributed by atoms with Crippen LogP contribution in [0.25, 0.3) is 0 Å². The number of amides is 2. The molecule has 1 atom stereocenters. The summed E-state index contributed by atoms with van der Waals surface area (Å²) in [6.07, 6.45) is 4.56. The standard InChI is InChI=1S/C11H19N3O2/c12-10(15)5-7-14-6-1-2-9(11(14)16)13-8-3-4-8/h8-9,13H,1-7H2,(H2,12,15). The minimum atomic E-state index is -0.343. The maximum absolute atomic E-state index is 12.0. The smallest absolute Gasteiger partial charge is 0.239 e. The minimum absolute atomic E-state index is 0.0332. The molecule has 2 fully saturated rings. The molecule has 1 aliphatic carbocycles. The van der Waals surface area contributed by atoms with Gasteiger partial charge < -0.3 is 16.0 Å². The van der Waals surface area contributed by atoms with E-state index in [0.29, 0.717) is 12.6 Å². The van der Waals surface area contributed by atoms with Crippen molar-refractivity contribution in [1.82, 2.24) is 10.2 Å². The lowest BCUT2D eigenvalue weighted by atomic mass is 10.0. The SMILES string of the molecule is NC(=O)CCN1CCCC(NC2CC2)C1=O. The van der Waals surface area contributed by atoms with Crippen LogP contribution in [-0.2, 0) is 9.59 Å². The van der Waals surface area contributed by atoms with Crippen LogP contribution in [0.15, 0.2) is 0 Å². The fourth-order valence-corrected chi connectivity index (χ4v) is 2.10. The third-order valence-corrected chi connectivity index (χ3v) is 3.17. The number of nitrogens with zero attached hydrogens (tertiary/aromatic N) is 1. The molecule has 2 amide bonds. The molecule has 1 aliphatic heterocycles. The summed E-state index contributed by atoms with van der Waals surface area (Å²) >= 11 is 0. The Kier molecular flexibility index (Phi) is 3.43. The quantitative estimate of drug-likeness (QED) is 0.669. The van der Waals surface area contributed by atoms with Gasteiger partial charge in [-0.15, -0.1) is 0 Å². The molecule has 0 aromatic carbocycles. The molecule has 0 radical (unpaired) electrons. The van der Waals surface area contributed by atoms with Gasteiger partial charge in [0.2, 0.25) is 11.8 Å². The number of primary amides is 1. The Morgan fingerprint density at radius 2 is 2.19 bits per heavy atom. The van der Waals surface area contributed by atoms with Gasteiger partial charge in [-0.25, -0.2) is 0 Å². The van der Waals surface area contributed by atoms with Gasteiger partial charge in [0.15, 0.2) is 0 Å². The summed E-state index contributed by atoms with van der Waals surface area (Å²) in [4.78, 5) is 24.5. The zero-order valence-corrected chi connectivity index (χ0v) is 9.45. The van der Waals surface area contributed by atoms with Gasteiger partial charge in [0, 0.05) is 25.6 Å². The number of hydrogen-bond donors (Lipinski definition) is 2. The Balaban J connectivity index is 1.82. The molecule has 1 saturated carbocycles. The van der Waals surface area contributed by atoms with Crippen LogP contribution in [0.3, 0.4) is 0 Å². The largest absolute Gasteiger partial charge is 0.370 e. The summed E-state index contributed by atoms with van der Waals surface area (Å²) in [5, 5.41) is 3.35. The van der Waals surface area contributed by atoms with E-state index in [1.54, 1.807) is 4.90 Å². The van der Waals surface area contributed by atoms with E-state index in [2.05, 4.69) is 5.32 Å². The van der Waals surface area contributed by atoms with Gasteiger partial charge in [0.25, 0.3) is 0 Å². The van der Waals surface area contributed by atoms with Gasteiger partial charge in [-0.05, 0) is 25.7 Å². The highest BCUT2D eigenvalue weighted by Gasteiger charge is 2.33. The summed E-state index contributed by atoms with van der Waals surface area (Å²) in [6.45, 7) is 1.23. The highest BCUT2D eigenvalue weighted by atomic mass is 16.2. The average Bonchev–Trinajstić information content (AvgIpc) is 3.03. The molecule has 5 nitrogen and oxygen atoms in total. The van der Waals surface area contributed by atoms with Crippen molar-refractivity contribution in [3.63, 3.8) is 0 Å². The molecule has 0 spiro atoms. The summed E-state index contributed by atoms with van der Waals surface area (Å²) in [6, 6.07) is 0.513. The van der Waals surface area contributed by atoms with Crippen molar-refractivity contribution in [3.8, 4) is 0 Å². The monoisotopic (exact) mass is 225 g/mol. The van der Waals surface area contributed by atoms with Gasteiger partial charge in [-0.3, -0.25) is 9.59 Å². The number of hydrogen-bond acceptors (Lipinski definition) is 3. The van der Waals surface area contributed by atoms with E-state index in [1.807, 2.05) is 0 Å². The lowest BCUT2D eigenvalue weighted by Crippen LogP contribution is -2.51. The van der Waals surface area contributed by atoms with Gasteiger partial charge in [-0.2, -0.15) is 0 Å². The van der Waals surface area contributed by atoms with Crippen LogP contribution in [0, 0.1) is 0 Å². The molecule has 2 rings (SSSR count). The second-order valence-corrected chi connectivity index (χ2v) is 4.68. The molecule has 0 aromatic rings. The van der Waals surface area contributed by atoms with Crippen molar-refractivity contribution >= 4 is 11.8 Å². The molecular formula is C11H19N3O2. The first-order valence-electron chi connectivity index (χ1n) is 6.00. The van der Waals surface area contributed by atoms with E-state index in [4.69, 9.17) is 5.73 Å². The molecule has 1 saturated heterocycles. The zero-order valence-electron chi connectivity index (χ0n) is 9.45. The van der Waals surface area contributed by atoms with Crippen molar-refractivity contribution in [2.45, 2.75) is 44.2 Å². The molecule has 0 bridgehead atoms. The topological polar surface area (TPSA) is 75.4 Å². The van der Waals surface area contributed by atoms with Crippen LogP contribution < -0.4 is 11.1 Å². The van der Waals surface area contributed by atoms with Crippen LogP contribution in [-0.4, -0.2) is 41.9 Å². The van der Waals surface area contributed by atoms with Gasteiger partial charge in [0.1, 0.15) is 0 Å². The Hall–Kier alpha value is -1.10. The van der Waals surface area contributed by atoms with Crippen LogP contribution >= 0.6 is 0 Å². The molecule has 1 unspecified atom stereocenters. The highest BCUT2D eigenvalue weighted by Crippen LogP contribution is 2.22. The average molecular weight is 225 g/mol. The van der Waals surface area contributed by atoms with Gasteiger partial charge >= 0.3 is 0 Å². The Bertz CT molecular complexity index is 289. The first-order chi connectivity index (χ1) is 7.66. The Morgan fingerprint density at radius 1 is 1.44 bits per heavy atom. The molecule has 3 N–H and O–H groups in total. The minimum Gasteiger partial charge on any atom is -0.370 e. The molecule has 0 aromatic heterocycles.